The Morgan fingerprint density at radius 3 is 2.21 bits per heavy atom. The molecule has 0 amide bonds. The van der Waals surface area contributed by atoms with Crippen molar-refractivity contribution in [1.82, 2.24) is 0 Å². The van der Waals surface area contributed by atoms with E-state index in [-0.39, 0.29) is 5.56 Å². The van der Waals surface area contributed by atoms with Gasteiger partial charge in [-0.05, 0) is 23.3 Å². The van der Waals surface area contributed by atoms with Gasteiger partial charge in [-0.1, -0.05) is 42.5 Å². The maximum absolute atomic E-state index is 11.6. The van der Waals surface area contributed by atoms with E-state index in [1.54, 1.807) is 12.1 Å². The largest absolute Gasteiger partial charge is 0.353 e. The number of benzene rings is 2. The second kappa shape index (κ2) is 5.24. The number of rotatable bonds is 3. The predicted molar refractivity (Wildman–Crippen MR) is 72.1 cm³/mol. The quantitative estimate of drug-likeness (QED) is 0.808. The van der Waals surface area contributed by atoms with Crippen LogP contribution in [-0.4, -0.2) is 20.6 Å². The van der Waals surface area contributed by atoms with E-state index in [2.05, 4.69) is 4.18 Å². The Morgan fingerprint density at radius 2 is 1.58 bits per heavy atom. The highest BCUT2D eigenvalue weighted by Gasteiger charge is 2.14. The van der Waals surface area contributed by atoms with Gasteiger partial charge in [0.2, 0.25) is 0 Å². The number of carbonyl (C=O) groups is 1. The summed E-state index contributed by atoms with van der Waals surface area (Å²) in [6, 6.07) is 16.1. The molecule has 0 aliphatic rings. The Hall–Kier alpha value is -2.14. The van der Waals surface area contributed by atoms with Crippen molar-refractivity contribution in [1.29, 1.82) is 0 Å². The summed E-state index contributed by atoms with van der Waals surface area (Å²) in [6.07, 6.45) is 0.839. The maximum atomic E-state index is 11.6. The highest BCUT2D eigenvalue weighted by atomic mass is 32.2. The standard InChI is InChI=1S/C14H12O4S/c1-19(16,17)18-14(15)13-9-5-8-12(10-13)11-6-3-2-4-7-11/h2-10H,1H3. The van der Waals surface area contributed by atoms with Gasteiger partial charge in [-0.25, -0.2) is 4.79 Å². The highest BCUT2D eigenvalue weighted by molar-refractivity contribution is 7.86. The molecule has 0 bridgehead atoms. The Kier molecular flexibility index (Phi) is 3.66. The zero-order valence-corrected chi connectivity index (χ0v) is 11.1. The molecule has 0 saturated carbocycles. The Bertz CT molecular complexity index is 690. The van der Waals surface area contributed by atoms with Crippen molar-refractivity contribution in [3.05, 3.63) is 60.2 Å². The SMILES string of the molecule is CS(=O)(=O)OC(=O)c1cccc(-c2ccccc2)c1. The van der Waals surface area contributed by atoms with E-state index in [4.69, 9.17) is 0 Å². The van der Waals surface area contributed by atoms with Crippen molar-refractivity contribution < 1.29 is 17.4 Å². The molecule has 2 aromatic carbocycles. The first-order chi connectivity index (χ1) is 8.96. The van der Waals surface area contributed by atoms with E-state index in [0.717, 1.165) is 17.4 Å². The summed E-state index contributed by atoms with van der Waals surface area (Å²) >= 11 is 0. The monoisotopic (exact) mass is 276 g/mol. The minimum absolute atomic E-state index is 0.201. The van der Waals surface area contributed by atoms with Crippen LogP contribution < -0.4 is 0 Å². The van der Waals surface area contributed by atoms with Crippen molar-refractivity contribution in [2.45, 2.75) is 0 Å². The molecule has 0 spiro atoms. The first-order valence-electron chi connectivity index (χ1n) is 5.55. The van der Waals surface area contributed by atoms with Gasteiger partial charge in [0.15, 0.2) is 0 Å². The smallest absolute Gasteiger partial charge is 0.341 e. The van der Waals surface area contributed by atoms with Gasteiger partial charge in [-0.3, -0.25) is 0 Å². The molecule has 5 heteroatoms. The topological polar surface area (TPSA) is 60.4 Å². The molecule has 2 aromatic rings. The normalized spacial score (nSPS) is 11.0. The van der Waals surface area contributed by atoms with Gasteiger partial charge < -0.3 is 4.18 Å². The summed E-state index contributed by atoms with van der Waals surface area (Å²) in [7, 11) is -3.80. The summed E-state index contributed by atoms with van der Waals surface area (Å²) < 4.78 is 26.2. The average molecular weight is 276 g/mol. The molecular formula is C14H12O4S. The third kappa shape index (κ3) is 3.66. The van der Waals surface area contributed by atoms with Crippen LogP contribution in [0.2, 0.25) is 0 Å². The minimum atomic E-state index is -3.80. The molecule has 0 saturated heterocycles. The molecule has 0 radical (unpaired) electrons. The summed E-state index contributed by atoms with van der Waals surface area (Å²) in [4.78, 5) is 11.6. The second-order valence-corrected chi connectivity index (χ2v) is 5.60. The lowest BCUT2D eigenvalue weighted by Gasteiger charge is -2.05. The number of carbonyl (C=O) groups excluding carboxylic acids is 1. The van der Waals surface area contributed by atoms with Gasteiger partial charge >= 0.3 is 16.1 Å². The van der Waals surface area contributed by atoms with E-state index in [0.29, 0.717) is 0 Å². The number of hydrogen-bond acceptors (Lipinski definition) is 4. The summed E-state index contributed by atoms with van der Waals surface area (Å²) in [5, 5.41) is 0. The Labute approximate surface area is 111 Å². The zero-order valence-electron chi connectivity index (χ0n) is 10.2. The van der Waals surface area contributed by atoms with Gasteiger partial charge in [0.1, 0.15) is 0 Å². The molecule has 0 unspecified atom stereocenters. The van der Waals surface area contributed by atoms with Crippen LogP contribution in [0.15, 0.2) is 54.6 Å². The van der Waals surface area contributed by atoms with Crippen LogP contribution in [0.1, 0.15) is 10.4 Å². The number of hydrogen-bond donors (Lipinski definition) is 0. The van der Waals surface area contributed by atoms with Gasteiger partial charge in [0.25, 0.3) is 0 Å². The van der Waals surface area contributed by atoms with Crippen molar-refractivity contribution in [2.24, 2.45) is 0 Å². The molecule has 0 aromatic heterocycles. The van der Waals surface area contributed by atoms with Gasteiger partial charge in [-0.2, -0.15) is 8.42 Å². The van der Waals surface area contributed by atoms with Crippen LogP contribution in [0.4, 0.5) is 0 Å². The molecule has 19 heavy (non-hydrogen) atoms. The van der Waals surface area contributed by atoms with Crippen molar-refractivity contribution in [2.75, 3.05) is 6.26 Å². The van der Waals surface area contributed by atoms with E-state index in [9.17, 15) is 13.2 Å². The second-order valence-electron chi connectivity index (χ2n) is 4.02. The molecule has 0 aliphatic carbocycles. The first-order valence-corrected chi connectivity index (χ1v) is 7.37. The third-order valence-corrected chi connectivity index (χ3v) is 2.89. The summed E-state index contributed by atoms with van der Waals surface area (Å²) in [6.45, 7) is 0. The average Bonchev–Trinajstić information content (AvgIpc) is 2.38. The Balaban J connectivity index is 2.33. The van der Waals surface area contributed by atoms with Crippen LogP contribution in [0.25, 0.3) is 11.1 Å². The minimum Gasteiger partial charge on any atom is -0.341 e. The fourth-order valence-corrected chi connectivity index (χ4v) is 2.01. The zero-order chi connectivity index (χ0) is 13.9. The first kappa shape index (κ1) is 13.3. The fourth-order valence-electron chi connectivity index (χ4n) is 1.64. The molecule has 4 nitrogen and oxygen atoms in total. The lowest BCUT2D eigenvalue weighted by Crippen LogP contribution is -2.11. The Morgan fingerprint density at radius 1 is 0.947 bits per heavy atom. The highest BCUT2D eigenvalue weighted by Crippen LogP contribution is 2.20. The predicted octanol–water partition coefficient (Wildman–Crippen LogP) is 2.47. The van der Waals surface area contributed by atoms with Crippen LogP contribution in [0.3, 0.4) is 0 Å². The molecule has 0 fully saturated rings. The van der Waals surface area contributed by atoms with Gasteiger partial charge in [-0.15, -0.1) is 0 Å². The maximum Gasteiger partial charge on any atom is 0.353 e. The third-order valence-electron chi connectivity index (χ3n) is 2.43. The van der Waals surface area contributed by atoms with Crippen molar-refractivity contribution in [3.63, 3.8) is 0 Å². The molecule has 0 N–H and O–H groups in total. The molecule has 2 rings (SSSR count). The summed E-state index contributed by atoms with van der Waals surface area (Å²) in [5.41, 5.74) is 1.96. The van der Waals surface area contributed by atoms with E-state index in [1.165, 1.54) is 6.07 Å². The lowest BCUT2D eigenvalue weighted by atomic mass is 10.0. The van der Waals surface area contributed by atoms with Crippen LogP contribution >= 0.6 is 0 Å². The van der Waals surface area contributed by atoms with Gasteiger partial charge in [0.05, 0.1) is 11.8 Å². The van der Waals surface area contributed by atoms with Crippen LogP contribution in [0, 0.1) is 0 Å². The van der Waals surface area contributed by atoms with E-state index < -0.39 is 16.1 Å². The van der Waals surface area contributed by atoms with E-state index in [1.807, 2.05) is 36.4 Å². The van der Waals surface area contributed by atoms with E-state index >= 15 is 0 Å². The molecular weight excluding hydrogens is 264 g/mol. The van der Waals surface area contributed by atoms with Crippen molar-refractivity contribution in [3.8, 4) is 11.1 Å². The molecule has 0 heterocycles. The molecule has 0 aliphatic heterocycles. The molecule has 0 atom stereocenters. The summed E-state index contributed by atoms with van der Waals surface area (Å²) in [5.74, 6) is -0.875. The van der Waals surface area contributed by atoms with Crippen molar-refractivity contribution >= 4 is 16.1 Å². The van der Waals surface area contributed by atoms with Crippen LogP contribution in [0.5, 0.6) is 0 Å². The molecule has 98 valence electrons. The lowest BCUT2D eigenvalue weighted by molar-refractivity contribution is 0.0748. The fraction of sp³-hybridized carbons (Fsp3) is 0.0714. The van der Waals surface area contributed by atoms with Gasteiger partial charge in [0, 0.05) is 0 Å². The van der Waals surface area contributed by atoms with Crippen LogP contribution in [-0.2, 0) is 14.3 Å².